The Morgan fingerprint density at radius 2 is 2.27 bits per heavy atom. The van der Waals surface area contributed by atoms with Crippen molar-refractivity contribution in [3.8, 4) is 0 Å². The van der Waals surface area contributed by atoms with Gasteiger partial charge in [0.2, 0.25) is 0 Å². The molecule has 0 spiro atoms. The second-order valence-corrected chi connectivity index (χ2v) is 7.48. The van der Waals surface area contributed by atoms with Crippen LogP contribution in [0, 0.1) is 0 Å². The van der Waals surface area contributed by atoms with Crippen molar-refractivity contribution in [2.75, 3.05) is 13.1 Å². The Bertz CT molecular complexity index is 524. The molecular formula is C15H25BrN4O2. The second-order valence-electron chi connectivity index (χ2n) is 6.73. The first-order valence-corrected chi connectivity index (χ1v) is 8.43. The van der Waals surface area contributed by atoms with E-state index in [1.165, 1.54) is 0 Å². The zero-order chi connectivity index (χ0) is 16.3. The van der Waals surface area contributed by atoms with Crippen molar-refractivity contribution >= 4 is 22.0 Å². The Hall–Kier alpha value is -1.08. The van der Waals surface area contributed by atoms with Crippen molar-refractivity contribution in [3.63, 3.8) is 0 Å². The summed E-state index contributed by atoms with van der Waals surface area (Å²) in [5.74, 6) is 0. The van der Waals surface area contributed by atoms with Crippen LogP contribution in [0.2, 0.25) is 0 Å². The smallest absolute Gasteiger partial charge is 0.410 e. The average Bonchev–Trinajstić information content (AvgIpc) is 2.75. The van der Waals surface area contributed by atoms with E-state index in [-0.39, 0.29) is 12.1 Å². The van der Waals surface area contributed by atoms with E-state index >= 15 is 0 Å². The number of carbonyl (C=O) groups is 1. The summed E-state index contributed by atoms with van der Waals surface area (Å²) in [6.45, 7) is 7.87. The number of carbonyl (C=O) groups excluding carboxylic acids is 1. The first-order valence-electron chi connectivity index (χ1n) is 7.64. The van der Waals surface area contributed by atoms with Crippen molar-refractivity contribution in [3.05, 3.63) is 16.4 Å². The summed E-state index contributed by atoms with van der Waals surface area (Å²) >= 11 is 3.52. The molecule has 0 aliphatic carbocycles. The van der Waals surface area contributed by atoms with E-state index in [1.54, 1.807) is 9.58 Å². The number of rotatable bonds is 3. The maximum absolute atomic E-state index is 12.1. The van der Waals surface area contributed by atoms with Crippen LogP contribution in [-0.2, 0) is 18.3 Å². The molecule has 124 valence electrons. The van der Waals surface area contributed by atoms with Gasteiger partial charge in [-0.15, -0.1) is 0 Å². The maximum Gasteiger partial charge on any atom is 0.410 e. The molecule has 1 saturated heterocycles. The third-order valence-corrected chi connectivity index (χ3v) is 4.61. The fourth-order valence-corrected chi connectivity index (χ4v) is 2.81. The van der Waals surface area contributed by atoms with Gasteiger partial charge < -0.3 is 15.0 Å². The molecule has 2 heterocycles. The third-order valence-electron chi connectivity index (χ3n) is 3.59. The van der Waals surface area contributed by atoms with Crippen LogP contribution in [0.4, 0.5) is 4.79 Å². The number of nitrogens with zero attached hydrogens (tertiary/aromatic N) is 3. The van der Waals surface area contributed by atoms with Gasteiger partial charge >= 0.3 is 6.09 Å². The highest BCUT2D eigenvalue weighted by atomic mass is 79.9. The van der Waals surface area contributed by atoms with Crippen molar-refractivity contribution in [1.29, 1.82) is 0 Å². The molecular weight excluding hydrogens is 348 g/mol. The molecule has 1 fully saturated rings. The zero-order valence-corrected chi connectivity index (χ0v) is 15.3. The summed E-state index contributed by atoms with van der Waals surface area (Å²) in [6.07, 6.45) is 3.69. The lowest BCUT2D eigenvalue weighted by Gasteiger charge is -2.34. The standard InChI is InChI=1S/C15H25BrN4O2/c1-15(2,3)22-14(21)20-7-5-6-12(10-20)17-8-11-9-18-19(4)13(11)16/h9,12,17H,5-8,10H2,1-4H3/t12-/m0/s1. The lowest BCUT2D eigenvalue weighted by Crippen LogP contribution is -2.49. The molecule has 2 rings (SSSR count). The number of halogens is 1. The maximum atomic E-state index is 12.1. The first kappa shape index (κ1) is 17.3. The van der Waals surface area contributed by atoms with Crippen LogP contribution in [-0.4, -0.2) is 45.5 Å². The molecule has 1 aromatic heterocycles. The molecule has 1 aromatic rings. The van der Waals surface area contributed by atoms with E-state index in [2.05, 4.69) is 26.3 Å². The number of aromatic nitrogens is 2. The number of likely N-dealkylation sites (tertiary alicyclic amines) is 1. The van der Waals surface area contributed by atoms with E-state index in [4.69, 9.17) is 4.74 Å². The van der Waals surface area contributed by atoms with Crippen LogP contribution in [0.3, 0.4) is 0 Å². The van der Waals surface area contributed by atoms with Crippen molar-refractivity contribution in [2.24, 2.45) is 7.05 Å². The molecule has 1 aliphatic rings. The average molecular weight is 373 g/mol. The summed E-state index contributed by atoms with van der Waals surface area (Å²) in [4.78, 5) is 13.9. The third kappa shape index (κ3) is 4.71. The fourth-order valence-electron chi connectivity index (χ4n) is 2.48. The van der Waals surface area contributed by atoms with Crippen LogP contribution in [0.1, 0.15) is 39.2 Å². The number of ether oxygens (including phenoxy) is 1. The van der Waals surface area contributed by atoms with Crippen LogP contribution in [0.5, 0.6) is 0 Å². The number of piperidine rings is 1. The van der Waals surface area contributed by atoms with Gasteiger partial charge in [0.05, 0.1) is 6.20 Å². The van der Waals surface area contributed by atoms with Gasteiger partial charge in [-0.3, -0.25) is 4.68 Å². The molecule has 1 N–H and O–H groups in total. The predicted octanol–water partition coefficient (Wildman–Crippen LogP) is 2.67. The fraction of sp³-hybridized carbons (Fsp3) is 0.733. The summed E-state index contributed by atoms with van der Waals surface area (Å²) in [5, 5.41) is 7.72. The Morgan fingerprint density at radius 1 is 1.55 bits per heavy atom. The van der Waals surface area contributed by atoms with Gasteiger partial charge in [-0.2, -0.15) is 5.10 Å². The number of amides is 1. The highest BCUT2D eigenvalue weighted by molar-refractivity contribution is 9.10. The second kappa shape index (κ2) is 7.00. The largest absolute Gasteiger partial charge is 0.444 e. The highest BCUT2D eigenvalue weighted by Crippen LogP contribution is 2.18. The van der Waals surface area contributed by atoms with Gasteiger partial charge in [0.15, 0.2) is 0 Å². The minimum atomic E-state index is -0.446. The van der Waals surface area contributed by atoms with E-state index in [9.17, 15) is 4.79 Å². The van der Waals surface area contributed by atoms with Crippen LogP contribution in [0.15, 0.2) is 10.8 Å². The van der Waals surface area contributed by atoms with Gasteiger partial charge in [-0.05, 0) is 49.5 Å². The topological polar surface area (TPSA) is 59.4 Å². The first-order chi connectivity index (χ1) is 10.3. The summed E-state index contributed by atoms with van der Waals surface area (Å²) in [6, 6.07) is 0.286. The summed E-state index contributed by atoms with van der Waals surface area (Å²) < 4.78 is 8.23. The molecule has 1 aliphatic heterocycles. The van der Waals surface area contributed by atoms with Crippen LogP contribution >= 0.6 is 15.9 Å². The van der Waals surface area contributed by atoms with Crippen molar-refractivity contribution in [1.82, 2.24) is 20.0 Å². The van der Waals surface area contributed by atoms with Gasteiger partial charge in [-0.25, -0.2) is 4.79 Å². The predicted molar refractivity (Wildman–Crippen MR) is 88.6 cm³/mol. The van der Waals surface area contributed by atoms with Crippen LogP contribution in [0.25, 0.3) is 0 Å². The normalized spacial score (nSPS) is 19.3. The number of hydrogen-bond acceptors (Lipinski definition) is 4. The Kier molecular flexibility index (Phi) is 5.50. The van der Waals surface area contributed by atoms with E-state index < -0.39 is 5.60 Å². The van der Waals surface area contributed by atoms with Crippen molar-refractivity contribution in [2.45, 2.75) is 51.8 Å². The highest BCUT2D eigenvalue weighted by Gasteiger charge is 2.27. The Morgan fingerprint density at radius 3 is 2.86 bits per heavy atom. The molecule has 6 nitrogen and oxygen atoms in total. The van der Waals surface area contributed by atoms with E-state index in [0.29, 0.717) is 6.54 Å². The Balaban J connectivity index is 1.85. The Labute approximate surface area is 140 Å². The summed E-state index contributed by atoms with van der Waals surface area (Å²) in [5.41, 5.74) is 0.676. The molecule has 0 aromatic carbocycles. The monoisotopic (exact) mass is 372 g/mol. The van der Waals surface area contributed by atoms with Crippen molar-refractivity contribution < 1.29 is 9.53 Å². The minimum absolute atomic E-state index is 0.221. The number of hydrogen-bond donors (Lipinski definition) is 1. The van der Waals surface area contributed by atoms with Gasteiger partial charge in [0.25, 0.3) is 0 Å². The molecule has 1 amide bonds. The molecule has 0 radical (unpaired) electrons. The number of aryl methyl sites for hydroxylation is 1. The SMILES string of the molecule is Cn1ncc(CN[C@H]2CCCN(C(=O)OC(C)(C)C)C2)c1Br. The quantitative estimate of drug-likeness (QED) is 0.885. The lowest BCUT2D eigenvalue weighted by atomic mass is 10.1. The molecule has 1 atom stereocenters. The van der Waals surface area contributed by atoms with Gasteiger partial charge in [0.1, 0.15) is 10.2 Å². The number of nitrogens with one attached hydrogen (secondary N) is 1. The molecule has 0 bridgehead atoms. The van der Waals surface area contributed by atoms with Crippen LogP contribution < -0.4 is 5.32 Å². The van der Waals surface area contributed by atoms with Gasteiger partial charge in [-0.1, -0.05) is 0 Å². The summed E-state index contributed by atoms with van der Waals surface area (Å²) in [7, 11) is 1.90. The lowest BCUT2D eigenvalue weighted by molar-refractivity contribution is 0.0187. The van der Waals surface area contributed by atoms with E-state index in [0.717, 1.165) is 36.1 Å². The molecule has 22 heavy (non-hydrogen) atoms. The molecule has 0 saturated carbocycles. The van der Waals surface area contributed by atoms with E-state index in [1.807, 2.05) is 34.0 Å². The van der Waals surface area contributed by atoms with Gasteiger partial charge in [0, 0.05) is 38.3 Å². The molecule has 0 unspecified atom stereocenters. The minimum Gasteiger partial charge on any atom is -0.444 e. The molecule has 7 heteroatoms. The zero-order valence-electron chi connectivity index (χ0n) is 13.7.